The molecule has 0 spiro atoms. The maximum absolute atomic E-state index is 12.2. The van der Waals surface area contributed by atoms with Gasteiger partial charge in [-0.2, -0.15) is 0 Å². The number of ether oxygens (including phenoxy) is 1. The number of hydrogen-bond acceptors (Lipinski definition) is 4. The SMILES string of the molecule is CC(NC1CCCN(C(=O)OC(C)(C)C)CC1)c1ccoc1. The van der Waals surface area contributed by atoms with Crippen LogP contribution < -0.4 is 5.32 Å². The van der Waals surface area contributed by atoms with E-state index in [1.807, 2.05) is 31.7 Å². The summed E-state index contributed by atoms with van der Waals surface area (Å²) in [5, 5.41) is 3.63. The average molecular weight is 308 g/mol. The molecule has 0 bridgehead atoms. The van der Waals surface area contributed by atoms with E-state index < -0.39 is 5.60 Å². The lowest BCUT2D eigenvalue weighted by atomic mass is 10.1. The number of carbonyl (C=O) groups is 1. The minimum atomic E-state index is -0.434. The van der Waals surface area contributed by atoms with Crippen LogP contribution in [0.2, 0.25) is 0 Å². The van der Waals surface area contributed by atoms with Crippen LogP contribution >= 0.6 is 0 Å². The number of furan rings is 1. The highest BCUT2D eigenvalue weighted by Crippen LogP contribution is 2.19. The Kier molecular flexibility index (Phi) is 5.51. The van der Waals surface area contributed by atoms with Crippen molar-refractivity contribution >= 4 is 6.09 Å². The van der Waals surface area contributed by atoms with Gasteiger partial charge in [-0.15, -0.1) is 0 Å². The number of nitrogens with zero attached hydrogens (tertiary/aromatic N) is 1. The van der Waals surface area contributed by atoms with E-state index in [2.05, 4.69) is 12.2 Å². The number of carbonyl (C=O) groups excluding carboxylic acids is 1. The lowest BCUT2D eigenvalue weighted by Gasteiger charge is -2.26. The quantitative estimate of drug-likeness (QED) is 0.924. The number of likely N-dealkylation sites (tertiary alicyclic amines) is 1. The van der Waals surface area contributed by atoms with E-state index in [0.29, 0.717) is 6.04 Å². The number of amides is 1. The van der Waals surface area contributed by atoms with Gasteiger partial charge in [0.25, 0.3) is 0 Å². The summed E-state index contributed by atoms with van der Waals surface area (Å²) >= 11 is 0. The van der Waals surface area contributed by atoms with Crippen molar-refractivity contribution in [3.8, 4) is 0 Å². The zero-order valence-electron chi connectivity index (χ0n) is 14.1. The third-order valence-electron chi connectivity index (χ3n) is 3.91. The van der Waals surface area contributed by atoms with Crippen LogP contribution in [-0.2, 0) is 4.74 Å². The van der Waals surface area contributed by atoms with Gasteiger partial charge in [0.15, 0.2) is 0 Å². The number of hydrogen-bond donors (Lipinski definition) is 1. The first-order valence-corrected chi connectivity index (χ1v) is 8.11. The molecule has 1 aliphatic rings. The summed E-state index contributed by atoms with van der Waals surface area (Å²) in [6.45, 7) is 9.36. The first-order chi connectivity index (χ1) is 10.3. The highest BCUT2D eigenvalue weighted by molar-refractivity contribution is 5.68. The van der Waals surface area contributed by atoms with Crippen molar-refractivity contribution in [3.63, 3.8) is 0 Å². The zero-order valence-corrected chi connectivity index (χ0v) is 14.1. The lowest BCUT2D eigenvalue weighted by molar-refractivity contribution is 0.0256. The summed E-state index contributed by atoms with van der Waals surface area (Å²) < 4.78 is 10.6. The maximum Gasteiger partial charge on any atom is 0.410 e. The Morgan fingerprint density at radius 1 is 1.41 bits per heavy atom. The number of rotatable bonds is 3. The second-order valence-corrected chi connectivity index (χ2v) is 7.04. The fourth-order valence-electron chi connectivity index (χ4n) is 2.74. The van der Waals surface area contributed by atoms with Crippen LogP contribution in [0.3, 0.4) is 0 Å². The normalized spacial score (nSPS) is 21.3. The minimum absolute atomic E-state index is 0.198. The van der Waals surface area contributed by atoms with Gasteiger partial charge in [-0.1, -0.05) is 0 Å². The molecular weight excluding hydrogens is 280 g/mol. The van der Waals surface area contributed by atoms with E-state index in [9.17, 15) is 4.79 Å². The van der Waals surface area contributed by atoms with Crippen molar-refractivity contribution in [3.05, 3.63) is 24.2 Å². The molecule has 1 saturated heterocycles. The van der Waals surface area contributed by atoms with Gasteiger partial charge >= 0.3 is 6.09 Å². The van der Waals surface area contributed by atoms with Gasteiger partial charge in [0.05, 0.1) is 12.5 Å². The molecule has 0 aliphatic carbocycles. The van der Waals surface area contributed by atoms with E-state index in [4.69, 9.17) is 9.15 Å². The maximum atomic E-state index is 12.2. The first kappa shape index (κ1) is 16.9. The van der Waals surface area contributed by atoms with Gasteiger partial charge in [0, 0.05) is 30.7 Å². The van der Waals surface area contributed by atoms with Crippen LogP contribution in [0.5, 0.6) is 0 Å². The van der Waals surface area contributed by atoms with Crippen molar-refractivity contribution in [1.82, 2.24) is 10.2 Å². The summed E-state index contributed by atoms with van der Waals surface area (Å²) in [5.74, 6) is 0. The van der Waals surface area contributed by atoms with Crippen LogP contribution in [0.1, 0.15) is 58.6 Å². The zero-order chi connectivity index (χ0) is 16.2. The topological polar surface area (TPSA) is 54.7 Å². The van der Waals surface area contributed by atoms with Crippen LogP contribution in [0.25, 0.3) is 0 Å². The summed E-state index contributed by atoms with van der Waals surface area (Å²) in [6, 6.07) is 2.66. The van der Waals surface area contributed by atoms with Crippen molar-refractivity contribution in [2.45, 2.75) is 64.6 Å². The summed E-state index contributed by atoms with van der Waals surface area (Å²) in [5.41, 5.74) is 0.727. The average Bonchev–Trinajstić information content (AvgIpc) is 2.84. The Morgan fingerprint density at radius 2 is 2.18 bits per heavy atom. The third kappa shape index (κ3) is 5.05. The highest BCUT2D eigenvalue weighted by atomic mass is 16.6. The van der Waals surface area contributed by atoms with Crippen molar-refractivity contribution in [2.75, 3.05) is 13.1 Å². The van der Waals surface area contributed by atoms with Gasteiger partial charge in [-0.3, -0.25) is 0 Å². The van der Waals surface area contributed by atoms with E-state index >= 15 is 0 Å². The molecule has 2 rings (SSSR count). The predicted molar refractivity (Wildman–Crippen MR) is 85.7 cm³/mol. The molecule has 1 N–H and O–H groups in total. The van der Waals surface area contributed by atoms with Gasteiger partial charge in [0.2, 0.25) is 0 Å². The van der Waals surface area contributed by atoms with Crippen LogP contribution in [0.15, 0.2) is 23.0 Å². The second-order valence-electron chi connectivity index (χ2n) is 7.04. The molecule has 22 heavy (non-hydrogen) atoms. The van der Waals surface area contributed by atoms with Gasteiger partial charge in [-0.05, 0) is 53.0 Å². The molecule has 0 saturated carbocycles. The molecule has 1 aromatic heterocycles. The Labute approximate surface area is 133 Å². The molecule has 0 aromatic carbocycles. The fraction of sp³-hybridized carbons (Fsp3) is 0.706. The Hall–Kier alpha value is -1.49. The molecule has 0 radical (unpaired) electrons. The molecule has 124 valence electrons. The van der Waals surface area contributed by atoms with Crippen LogP contribution in [0.4, 0.5) is 4.79 Å². The van der Waals surface area contributed by atoms with Crippen molar-refractivity contribution < 1.29 is 13.9 Å². The molecule has 1 aliphatic heterocycles. The van der Waals surface area contributed by atoms with E-state index in [-0.39, 0.29) is 12.1 Å². The molecule has 2 unspecified atom stereocenters. The molecule has 2 atom stereocenters. The lowest BCUT2D eigenvalue weighted by Crippen LogP contribution is -2.38. The fourth-order valence-corrected chi connectivity index (χ4v) is 2.74. The predicted octanol–water partition coefficient (Wildman–Crippen LogP) is 3.72. The molecular formula is C17H28N2O3. The minimum Gasteiger partial charge on any atom is -0.472 e. The Bertz CT molecular complexity index is 465. The number of nitrogens with one attached hydrogen (secondary N) is 1. The molecule has 1 amide bonds. The van der Waals surface area contributed by atoms with E-state index in [0.717, 1.165) is 37.9 Å². The summed E-state index contributed by atoms with van der Waals surface area (Å²) in [6.07, 6.45) is 6.29. The van der Waals surface area contributed by atoms with Gasteiger partial charge in [-0.25, -0.2) is 4.79 Å². The van der Waals surface area contributed by atoms with Gasteiger partial charge in [0.1, 0.15) is 5.60 Å². The summed E-state index contributed by atoms with van der Waals surface area (Å²) in [4.78, 5) is 14.0. The van der Waals surface area contributed by atoms with E-state index in [1.165, 1.54) is 0 Å². The monoisotopic (exact) mass is 308 g/mol. The Balaban J connectivity index is 1.83. The molecule has 2 heterocycles. The molecule has 1 aromatic rings. The van der Waals surface area contributed by atoms with Crippen molar-refractivity contribution in [2.24, 2.45) is 0 Å². The standard InChI is InChI=1S/C17H28N2O3/c1-13(14-8-11-21-12-14)18-15-6-5-9-19(10-7-15)16(20)22-17(2,3)4/h8,11-13,15,18H,5-7,9-10H2,1-4H3. The van der Waals surface area contributed by atoms with Gasteiger partial charge < -0.3 is 19.4 Å². The van der Waals surface area contributed by atoms with Crippen LogP contribution in [-0.4, -0.2) is 35.7 Å². The molecule has 1 fully saturated rings. The van der Waals surface area contributed by atoms with Crippen molar-refractivity contribution in [1.29, 1.82) is 0 Å². The van der Waals surface area contributed by atoms with Crippen LogP contribution in [0, 0.1) is 0 Å². The Morgan fingerprint density at radius 3 is 2.82 bits per heavy atom. The smallest absolute Gasteiger partial charge is 0.410 e. The molecule has 5 nitrogen and oxygen atoms in total. The first-order valence-electron chi connectivity index (χ1n) is 8.11. The second kappa shape index (κ2) is 7.18. The third-order valence-corrected chi connectivity index (χ3v) is 3.91. The summed E-state index contributed by atoms with van der Waals surface area (Å²) in [7, 11) is 0. The largest absolute Gasteiger partial charge is 0.472 e. The van der Waals surface area contributed by atoms with E-state index in [1.54, 1.807) is 12.5 Å². The molecule has 5 heteroatoms. The highest BCUT2D eigenvalue weighted by Gasteiger charge is 2.25.